The van der Waals surface area contributed by atoms with Gasteiger partial charge < -0.3 is 19.5 Å². The normalized spacial score (nSPS) is 12.5. The third-order valence-corrected chi connectivity index (χ3v) is 2.68. The van der Waals surface area contributed by atoms with E-state index in [9.17, 15) is 14.4 Å². The van der Waals surface area contributed by atoms with Gasteiger partial charge in [-0.15, -0.1) is 0 Å². The molecule has 1 aromatic carbocycles. The maximum absolute atomic E-state index is 11.9. The van der Waals surface area contributed by atoms with Crippen molar-refractivity contribution < 1.29 is 28.6 Å². The van der Waals surface area contributed by atoms with Gasteiger partial charge in [-0.1, -0.05) is 0 Å². The first-order chi connectivity index (χ1) is 10.7. The Labute approximate surface area is 133 Å². The van der Waals surface area contributed by atoms with Crippen molar-refractivity contribution in [3.05, 3.63) is 23.8 Å². The van der Waals surface area contributed by atoms with Crippen molar-refractivity contribution in [2.45, 2.75) is 26.3 Å². The Morgan fingerprint density at radius 1 is 1.17 bits per heavy atom. The summed E-state index contributed by atoms with van der Waals surface area (Å²) in [4.78, 5) is 34.9. The number of benzene rings is 1. The SMILES string of the molecule is CC(C)(C)NC(=O)NC(=O)COC(=O)c1ccc2c(c1)OCO2. The molecule has 0 aliphatic carbocycles. The molecule has 1 heterocycles. The number of hydrogen-bond acceptors (Lipinski definition) is 6. The molecule has 0 bridgehead atoms. The molecule has 0 fully saturated rings. The second-order valence-corrected chi connectivity index (χ2v) is 5.90. The fraction of sp³-hybridized carbons (Fsp3) is 0.400. The van der Waals surface area contributed by atoms with Gasteiger partial charge in [0.15, 0.2) is 18.1 Å². The van der Waals surface area contributed by atoms with Gasteiger partial charge in [-0.05, 0) is 39.0 Å². The first-order valence-electron chi connectivity index (χ1n) is 6.93. The van der Waals surface area contributed by atoms with E-state index in [4.69, 9.17) is 14.2 Å². The highest BCUT2D eigenvalue weighted by Gasteiger charge is 2.19. The number of hydrogen-bond donors (Lipinski definition) is 2. The third-order valence-electron chi connectivity index (χ3n) is 2.68. The van der Waals surface area contributed by atoms with Crippen LogP contribution in [0.5, 0.6) is 11.5 Å². The molecule has 0 radical (unpaired) electrons. The molecule has 3 amide bonds. The summed E-state index contributed by atoms with van der Waals surface area (Å²) in [5.74, 6) is -0.442. The minimum absolute atomic E-state index is 0.0964. The minimum atomic E-state index is -0.721. The molecule has 0 unspecified atom stereocenters. The van der Waals surface area contributed by atoms with Crippen molar-refractivity contribution in [2.24, 2.45) is 0 Å². The zero-order valence-electron chi connectivity index (χ0n) is 13.1. The lowest BCUT2D eigenvalue weighted by atomic mass is 10.1. The van der Waals surface area contributed by atoms with Crippen LogP contribution in [0, 0.1) is 0 Å². The number of carbonyl (C=O) groups is 3. The quantitative estimate of drug-likeness (QED) is 0.811. The lowest BCUT2D eigenvalue weighted by Crippen LogP contribution is -2.49. The van der Waals surface area contributed by atoms with Crippen LogP contribution in [0.25, 0.3) is 0 Å². The number of imide groups is 1. The summed E-state index contributed by atoms with van der Waals surface area (Å²) in [6.45, 7) is 4.86. The van der Waals surface area contributed by atoms with Gasteiger partial charge in [0.1, 0.15) is 0 Å². The summed E-state index contributed by atoms with van der Waals surface area (Å²) in [6, 6.07) is 3.90. The van der Waals surface area contributed by atoms with Crippen LogP contribution in [0.4, 0.5) is 4.79 Å². The van der Waals surface area contributed by atoms with Gasteiger partial charge >= 0.3 is 12.0 Å². The maximum atomic E-state index is 11.9. The minimum Gasteiger partial charge on any atom is -0.454 e. The van der Waals surface area contributed by atoms with Crippen LogP contribution in [0.2, 0.25) is 0 Å². The van der Waals surface area contributed by atoms with Crippen LogP contribution in [-0.2, 0) is 9.53 Å². The molecule has 124 valence electrons. The Morgan fingerprint density at radius 3 is 2.57 bits per heavy atom. The largest absolute Gasteiger partial charge is 0.454 e. The van der Waals surface area contributed by atoms with Crippen LogP contribution < -0.4 is 20.1 Å². The molecule has 1 aromatic rings. The molecule has 0 aromatic heterocycles. The van der Waals surface area contributed by atoms with E-state index in [0.29, 0.717) is 11.5 Å². The van der Waals surface area contributed by atoms with Gasteiger partial charge in [0, 0.05) is 5.54 Å². The van der Waals surface area contributed by atoms with Crippen LogP contribution in [-0.4, -0.2) is 36.8 Å². The highest BCUT2D eigenvalue weighted by Crippen LogP contribution is 2.32. The molecule has 0 saturated heterocycles. The van der Waals surface area contributed by atoms with Crippen molar-refractivity contribution in [3.8, 4) is 11.5 Å². The van der Waals surface area contributed by atoms with Crippen molar-refractivity contribution in [3.63, 3.8) is 0 Å². The number of fused-ring (bicyclic) bond motifs is 1. The molecule has 8 nitrogen and oxygen atoms in total. The van der Waals surface area contributed by atoms with Gasteiger partial charge in [0.2, 0.25) is 6.79 Å². The Hall–Kier alpha value is -2.77. The lowest BCUT2D eigenvalue weighted by Gasteiger charge is -2.20. The number of esters is 1. The highest BCUT2D eigenvalue weighted by molar-refractivity contribution is 5.97. The molecule has 2 N–H and O–H groups in total. The van der Waals surface area contributed by atoms with Crippen LogP contribution in [0.1, 0.15) is 31.1 Å². The molecule has 23 heavy (non-hydrogen) atoms. The molecule has 0 saturated carbocycles. The van der Waals surface area contributed by atoms with Crippen molar-refractivity contribution in [1.29, 1.82) is 0 Å². The molecule has 8 heteroatoms. The number of amides is 3. The van der Waals surface area contributed by atoms with E-state index in [1.807, 2.05) is 0 Å². The Balaban J connectivity index is 1.82. The topological polar surface area (TPSA) is 103 Å². The molecular formula is C15H18N2O6. The summed E-state index contributed by atoms with van der Waals surface area (Å²) < 4.78 is 15.1. The molecule has 1 aliphatic rings. The van der Waals surface area contributed by atoms with Crippen molar-refractivity contribution in [1.82, 2.24) is 10.6 Å². The number of rotatable bonds is 3. The van der Waals surface area contributed by atoms with E-state index < -0.39 is 30.1 Å². The molecule has 1 aliphatic heterocycles. The summed E-state index contributed by atoms with van der Waals surface area (Å²) in [5, 5.41) is 4.63. The molecule has 0 atom stereocenters. The molecular weight excluding hydrogens is 304 g/mol. The molecule has 0 spiro atoms. The number of carbonyl (C=O) groups excluding carboxylic acids is 3. The van der Waals surface area contributed by atoms with Gasteiger partial charge in [-0.3, -0.25) is 10.1 Å². The highest BCUT2D eigenvalue weighted by atomic mass is 16.7. The van der Waals surface area contributed by atoms with E-state index in [2.05, 4.69) is 10.6 Å². The number of ether oxygens (including phenoxy) is 3. The van der Waals surface area contributed by atoms with Crippen molar-refractivity contribution >= 4 is 17.9 Å². The smallest absolute Gasteiger partial charge is 0.338 e. The second kappa shape index (κ2) is 6.55. The van der Waals surface area contributed by atoms with Gasteiger partial charge in [-0.25, -0.2) is 9.59 Å². The van der Waals surface area contributed by atoms with Gasteiger partial charge in [-0.2, -0.15) is 0 Å². The zero-order chi connectivity index (χ0) is 17.0. The van der Waals surface area contributed by atoms with E-state index in [0.717, 1.165) is 0 Å². The van der Waals surface area contributed by atoms with Crippen LogP contribution in [0.15, 0.2) is 18.2 Å². The monoisotopic (exact) mass is 322 g/mol. The Morgan fingerprint density at radius 2 is 1.87 bits per heavy atom. The lowest BCUT2D eigenvalue weighted by molar-refractivity contribution is -0.123. The number of nitrogens with one attached hydrogen (secondary N) is 2. The average molecular weight is 322 g/mol. The predicted molar refractivity (Wildman–Crippen MR) is 79.3 cm³/mol. The summed E-state index contributed by atoms with van der Waals surface area (Å²) in [6.07, 6.45) is 0. The second-order valence-electron chi connectivity index (χ2n) is 5.90. The van der Waals surface area contributed by atoms with E-state index >= 15 is 0 Å². The van der Waals surface area contributed by atoms with Crippen LogP contribution in [0.3, 0.4) is 0 Å². The fourth-order valence-electron chi connectivity index (χ4n) is 1.77. The maximum Gasteiger partial charge on any atom is 0.338 e. The first-order valence-corrected chi connectivity index (χ1v) is 6.93. The summed E-state index contributed by atoms with van der Waals surface area (Å²) >= 11 is 0. The van der Waals surface area contributed by atoms with E-state index in [1.54, 1.807) is 26.8 Å². The number of urea groups is 1. The van der Waals surface area contributed by atoms with E-state index in [-0.39, 0.29) is 12.4 Å². The Kier molecular flexibility index (Phi) is 4.73. The predicted octanol–water partition coefficient (Wildman–Crippen LogP) is 1.20. The first kappa shape index (κ1) is 16.6. The summed E-state index contributed by atoms with van der Waals surface area (Å²) in [7, 11) is 0. The average Bonchev–Trinajstić information content (AvgIpc) is 2.89. The standard InChI is InChI=1S/C15H18N2O6/c1-15(2,3)17-14(20)16-12(18)7-21-13(19)9-4-5-10-11(6-9)23-8-22-10/h4-6H,7-8H2,1-3H3,(H2,16,17,18,20). The van der Waals surface area contributed by atoms with Gasteiger partial charge in [0.05, 0.1) is 5.56 Å². The summed E-state index contributed by atoms with van der Waals surface area (Å²) in [5.41, 5.74) is -0.255. The third kappa shape index (κ3) is 4.87. The Bertz CT molecular complexity index is 635. The fourth-order valence-corrected chi connectivity index (χ4v) is 1.77. The van der Waals surface area contributed by atoms with E-state index in [1.165, 1.54) is 12.1 Å². The van der Waals surface area contributed by atoms with Crippen molar-refractivity contribution in [2.75, 3.05) is 13.4 Å². The molecule has 2 rings (SSSR count). The van der Waals surface area contributed by atoms with Crippen LogP contribution >= 0.6 is 0 Å². The van der Waals surface area contributed by atoms with Gasteiger partial charge in [0.25, 0.3) is 5.91 Å². The zero-order valence-corrected chi connectivity index (χ0v) is 13.1.